The highest BCUT2D eigenvalue weighted by molar-refractivity contribution is 6.23. The number of nitrogens with zero attached hydrogens (tertiary/aromatic N) is 4. The van der Waals surface area contributed by atoms with E-state index >= 15 is 0 Å². The highest BCUT2D eigenvalue weighted by Gasteiger charge is 2.48. The van der Waals surface area contributed by atoms with E-state index in [0.717, 1.165) is 59.5 Å². The fourth-order valence-electron chi connectivity index (χ4n) is 9.31. The molecule has 3 aromatic rings. The molecule has 1 aliphatic carbocycles. The first-order valence-electron chi connectivity index (χ1n) is 19.1. The molecule has 5 heterocycles. The maximum absolute atomic E-state index is 13.3. The summed E-state index contributed by atoms with van der Waals surface area (Å²) in [7, 11) is 6.64. The monoisotopic (exact) mass is 762 g/mol. The molecule has 2 unspecified atom stereocenters. The van der Waals surface area contributed by atoms with Crippen LogP contribution >= 0.6 is 0 Å². The van der Waals surface area contributed by atoms with Crippen molar-refractivity contribution in [3.05, 3.63) is 80.3 Å². The standard InChI is InChI=1S/C42H46N6O8/c1-43-41(54)47-13-11-27-30(20-45(2)38(51)31(27)22-47)26-16-34(55-3)32(35(17-26)56-4)21-46-14-12-42(23-46)18-25(19-42)6-5-24-7-8-28-29(15-24)40(53)48(39(28)52)33-9-10-36(49)44-37(33)50/h7-8,15-17,20,25,33,36,49H,9-14,18-19,21-23H2,1-4H3,(H,43,54)(H,44,50). The second kappa shape index (κ2) is 14.5. The lowest BCUT2D eigenvalue weighted by Gasteiger charge is -2.43. The summed E-state index contributed by atoms with van der Waals surface area (Å²) < 4.78 is 13.5. The highest BCUT2D eigenvalue weighted by atomic mass is 16.5. The van der Waals surface area contributed by atoms with Crippen LogP contribution in [0.15, 0.2) is 41.3 Å². The largest absolute Gasteiger partial charge is 0.496 e. The number of carbonyl (C=O) groups is 4. The normalized spacial score (nSPS) is 24.2. The molecule has 56 heavy (non-hydrogen) atoms. The first kappa shape index (κ1) is 37.3. The number of rotatable bonds is 6. The molecule has 1 spiro atoms. The second-order valence-electron chi connectivity index (χ2n) is 15.7. The molecule has 5 amide bonds. The smallest absolute Gasteiger partial charge is 0.317 e. The van der Waals surface area contributed by atoms with Gasteiger partial charge in [-0.05, 0) is 91.9 Å². The molecular formula is C42H46N6O8. The Balaban J connectivity index is 0.934. The van der Waals surface area contributed by atoms with Gasteiger partial charge in [-0.15, -0.1) is 0 Å². The van der Waals surface area contributed by atoms with Crippen molar-refractivity contribution in [3.63, 3.8) is 0 Å². The number of ether oxygens (including phenoxy) is 2. The Morgan fingerprint density at radius 3 is 2.41 bits per heavy atom. The zero-order valence-corrected chi connectivity index (χ0v) is 32.1. The topological polar surface area (TPSA) is 163 Å². The third kappa shape index (κ3) is 6.48. The zero-order valence-electron chi connectivity index (χ0n) is 32.1. The first-order chi connectivity index (χ1) is 26.9. The Labute approximate surface area is 324 Å². The lowest BCUT2D eigenvalue weighted by atomic mass is 9.62. The number of carbonyl (C=O) groups excluding carboxylic acids is 4. The van der Waals surface area contributed by atoms with Gasteiger partial charge < -0.3 is 34.7 Å². The summed E-state index contributed by atoms with van der Waals surface area (Å²) in [6, 6.07) is 7.88. The number of pyridine rings is 1. The van der Waals surface area contributed by atoms with E-state index in [4.69, 9.17) is 9.47 Å². The molecule has 3 fully saturated rings. The number of nitrogens with one attached hydrogen (secondary N) is 2. The van der Waals surface area contributed by atoms with Gasteiger partial charge in [-0.2, -0.15) is 0 Å². The summed E-state index contributed by atoms with van der Waals surface area (Å²) in [5, 5.41) is 14.8. The maximum atomic E-state index is 13.3. The zero-order chi connectivity index (χ0) is 39.5. The second-order valence-corrected chi connectivity index (χ2v) is 15.7. The molecule has 3 N–H and O–H groups in total. The van der Waals surface area contributed by atoms with Crippen LogP contribution < -0.4 is 25.7 Å². The molecule has 2 atom stereocenters. The number of likely N-dealkylation sites (tertiary alicyclic amines) is 1. The van der Waals surface area contributed by atoms with Gasteiger partial charge in [-0.25, -0.2) is 4.79 Å². The number of methoxy groups -OCH3 is 2. The average molecular weight is 763 g/mol. The molecule has 0 bridgehead atoms. The molecule has 2 aromatic carbocycles. The number of hydrogen-bond acceptors (Lipinski definition) is 9. The molecule has 14 nitrogen and oxygen atoms in total. The van der Waals surface area contributed by atoms with E-state index in [-0.39, 0.29) is 53.4 Å². The number of fused-ring (bicyclic) bond motifs is 2. The van der Waals surface area contributed by atoms with Crippen LogP contribution in [0.4, 0.5) is 4.79 Å². The van der Waals surface area contributed by atoms with E-state index in [1.165, 1.54) is 0 Å². The van der Waals surface area contributed by atoms with Crippen LogP contribution in [0.5, 0.6) is 11.5 Å². The van der Waals surface area contributed by atoms with Crippen molar-refractivity contribution in [1.82, 2.24) is 29.9 Å². The van der Waals surface area contributed by atoms with Gasteiger partial charge in [0.15, 0.2) is 0 Å². The molecule has 292 valence electrons. The number of aliphatic hydroxyl groups excluding tert-OH is 1. The summed E-state index contributed by atoms with van der Waals surface area (Å²) >= 11 is 0. The van der Waals surface area contributed by atoms with Crippen LogP contribution in [0.2, 0.25) is 0 Å². The van der Waals surface area contributed by atoms with Crippen molar-refractivity contribution in [3.8, 4) is 34.5 Å². The average Bonchev–Trinajstić information content (AvgIpc) is 3.72. The van der Waals surface area contributed by atoms with Crippen LogP contribution in [-0.4, -0.2) is 101 Å². The molecule has 2 saturated heterocycles. The number of urea groups is 1. The predicted octanol–water partition coefficient (Wildman–Crippen LogP) is 2.61. The van der Waals surface area contributed by atoms with E-state index in [0.29, 0.717) is 42.1 Å². The van der Waals surface area contributed by atoms with Gasteiger partial charge >= 0.3 is 6.03 Å². The fraction of sp³-hybridized carbons (Fsp3) is 0.452. The number of piperidine rings is 1. The van der Waals surface area contributed by atoms with Crippen molar-refractivity contribution >= 4 is 23.8 Å². The Hall–Kier alpha value is -5.65. The number of hydrogen-bond donors (Lipinski definition) is 3. The van der Waals surface area contributed by atoms with Crippen molar-refractivity contribution in [2.24, 2.45) is 18.4 Å². The molecule has 1 saturated carbocycles. The lowest BCUT2D eigenvalue weighted by Crippen LogP contribution is -2.55. The van der Waals surface area contributed by atoms with Gasteiger partial charge in [0.05, 0.1) is 37.5 Å². The summed E-state index contributed by atoms with van der Waals surface area (Å²) in [4.78, 5) is 69.5. The summed E-state index contributed by atoms with van der Waals surface area (Å²) in [6.45, 7) is 3.26. The van der Waals surface area contributed by atoms with Crippen LogP contribution in [0.3, 0.4) is 0 Å². The van der Waals surface area contributed by atoms with Crippen molar-refractivity contribution in [1.29, 1.82) is 0 Å². The van der Waals surface area contributed by atoms with E-state index in [9.17, 15) is 29.1 Å². The molecular weight excluding hydrogens is 716 g/mol. The highest BCUT2D eigenvalue weighted by Crippen LogP contribution is 2.52. The molecule has 0 radical (unpaired) electrons. The quantitative estimate of drug-likeness (QED) is 0.253. The van der Waals surface area contributed by atoms with E-state index in [1.54, 1.807) is 56.0 Å². The summed E-state index contributed by atoms with van der Waals surface area (Å²) in [5.74, 6) is 6.72. The fourth-order valence-corrected chi connectivity index (χ4v) is 9.31. The Bertz CT molecular complexity index is 2260. The van der Waals surface area contributed by atoms with Gasteiger partial charge in [0.1, 0.15) is 23.8 Å². The Morgan fingerprint density at radius 1 is 0.982 bits per heavy atom. The maximum Gasteiger partial charge on any atom is 0.317 e. The number of aromatic nitrogens is 1. The Kier molecular flexibility index (Phi) is 9.62. The van der Waals surface area contributed by atoms with Crippen molar-refractivity contribution in [2.75, 3.05) is 40.9 Å². The van der Waals surface area contributed by atoms with Gasteiger partial charge in [-0.1, -0.05) is 11.8 Å². The predicted molar refractivity (Wildman–Crippen MR) is 205 cm³/mol. The van der Waals surface area contributed by atoms with Crippen LogP contribution in [-0.2, 0) is 31.4 Å². The molecule has 4 aliphatic heterocycles. The number of imide groups is 1. The molecule has 5 aliphatic rings. The lowest BCUT2D eigenvalue weighted by molar-refractivity contribution is -0.131. The van der Waals surface area contributed by atoms with Crippen molar-refractivity contribution < 1.29 is 33.8 Å². The van der Waals surface area contributed by atoms with Crippen LogP contribution in [0, 0.1) is 23.2 Å². The number of benzene rings is 2. The van der Waals surface area contributed by atoms with Crippen LogP contribution in [0.25, 0.3) is 11.1 Å². The third-order valence-electron chi connectivity index (χ3n) is 12.2. The summed E-state index contributed by atoms with van der Waals surface area (Å²) in [5.41, 5.74) is 5.54. The first-order valence-corrected chi connectivity index (χ1v) is 19.1. The number of amides is 5. The van der Waals surface area contributed by atoms with Gasteiger partial charge in [0.25, 0.3) is 17.4 Å². The third-order valence-corrected chi connectivity index (χ3v) is 12.2. The van der Waals surface area contributed by atoms with E-state index < -0.39 is 30.0 Å². The number of aryl methyl sites for hydroxylation is 1. The van der Waals surface area contributed by atoms with Gasteiger partial charge in [-0.3, -0.25) is 29.0 Å². The van der Waals surface area contributed by atoms with Crippen molar-refractivity contribution in [2.45, 2.75) is 63.9 Å². The molecule has 8 rings (SSSR count). The van der Waals surface area contributed by atoms with Crippen LogP contribution in [0.1, 0.15) is 75.1 Å². The number of aliphatic hydroxyl groups is 1. The minimum Gasteiger partial charge on any atom is -0.496 e. The van der Waals surface area contributed by atoms with Gasteiger partial charge in [0, 0.05) is 62.5 Å². The van der Waals surface area contributed by atoms with E-state index in [1.807, 2.05) is 18.3 Å². The SMILES string of the molecule is CNC(=O)N1CCc2c(-c3cc(OC)c(CN4CCC5(CC(C#Cc6ccc7c(c6)C(=O)N(C6CCC(O)NC6=O)C7=O)C5)C4)c(OC)c3)cn(C)c(=O)c2C1. The minimum absolute atomic E-state index is 0.111. The molecule has 14 heteroatoms. The van der Waals surface area contributed by atoms with Gasteiger partial charge in [0.2, 0.25) is 5.91 Å². The minimum atomic E-state index is -0.975. The van der Waals surface area contributed by atoms with E-state index in [2.05, 4.69) is 27.4 Å². The molecule has 1 aromatic heterocycles. The summed E-state index contributed by atoms with van der Waals surface area (Å²) in [6.07, 6.45) is 4.91. The Morgan fingerprint density at radius 2 is 1.71 bits per heavy atom.